The second kappa shape index (κ2) is 24.6. The molecule has 0 N–H and O–H groups in total. The van der Waals surface area contributed by atoms with Crippen molar-refractivity contribution in [2.24, 2.45) is 0 Å². The zero-order valence-electron chi connectivity index (χ0n) is 23.4. The van der Waals surface area contributed by atoms with Gasteiger partial charge >= 0.3 is 5.97 Å². The molecule has 0 fully saturated rings. The van der Waals surface area contributed by atoms with E-state index in [0.717, 1.165) is 17.3 Å². The summed E-state index contributed by atoms with van der Waals surface area (Å²) in [5.74, 6) is -0.0370. The van der Waals surface area contributed by atoms with E-state index in [4.69, 9.17) is 4.74 Å². The Balaban J connectivity index is 3.29. The van der Waals surface area contributed by atoms with Crippen LogP contribution in [0.15, 0.2) is 0 Å². The quantitative estimate of drug-likeness (QED) is 0.0718. The summed E-state index contributed by atoms with van der Waals surface area (Å²) in [6, 6.07) is 0. The Kier molecular flexibility index (Phi) is 24.1. The van der Waals surface area contributed by atoms with Crippen LogP contribution >= 0.6 is 0 Å². The maximum absolute atomic E-state index is 11.4. The monoisotopic (exact) mass is 468 g/mol. The van der Waals surface area contributed by atoms with E-state index in [-0.39, 0.29) is 5.97 Å². The minimum absolute atomic E-state index is 0.0370. The van der Waals surface area contributed by atoms with Crippen LogP contribution in [0.5, 0.6) is 0 Å². The molecule has 3 heteroatoms. The SMILES string of the molecule is CCCCCCCCCCCCCCCCCCCC[N+](C)(C)CCCCCC(=O)OCC. The highest BCUT2D eigenvalue weighted by molar-refractivity contribution is 5.69. The zero-order valence-corrected chi connectivity index (χ0v) is 23.4. The number of ether oxygens (including phenoxy) is 1. The maximum atomic E-state index is 11.4. The largest absolute Gasteiger partial charge is 0.466 e. The summed E-state index contributed by atoms with van der Waals surface area (Å²) in [6.07, 6.45) is 29.8. The molecule has 0 aliphatic carbocycles. The Labute approximate surface area is 209 Å². The van der Waals surface area contributed by atoms with E-state index in [9.17, 15) is 4.79 Å². The van der Waals surface area contributed by atoms with Crippen molar-refractivity contribution in [2.75, 3.05) is 33.8 Å². The molecule has 198 valence electrons. The van der Waals surface area contributed by atoms with Gasteiger partial charge in [-0.3, -0.25) is 4.79 Å². The van der Waals surface area contributed by atoms with Crippen molar-refractivity contribution in [1.29, 1.82) is 0 Å². The lowest BCUT2D eigenvalue weighted by atomic mass is 10.0. The van der Waals surface area contributed by atoms with Gasteiger partial charge < -0.3 is 9.22 Å². The van der Waals surface area contributed by atoms with Gasteiger partial charge in [0, 0.05) is 6.42 Å². The van der Waals surface area contributed by atoms with Crippen LogP contribution in [-0.2, 0) is 9.53 Å². The van der Waals surface area contributed by atoms with Crippen molar-refractivity contribution in [1.82, 2.24) is 0 Å². The van der Waals surface area contributed by atoms with Gasteiger partial charge in [-0.2, -0.15) is 0 Å². The summed E-state index contributed by atoms with van der Waals surface area (Å²) in [4.78, 5) is 11.4. The Hall–Kier alpha value is -0.570. The average Bonchev–Trinajstić information content (AvgIpc) is 2.78. The first-order chi connectivity index (χ1) is 16.0. The number of nitrogens with zero attached hydrogens (tertiary/aromatic N) is 1. The number of hydrogen-bond donors (Lipinski definition) is 0. The molecule has 0 spiro atoms. The Morgan fingerprint density at radius 3 is 1.21 bits per heavy atom. The molecule has 0 saturated heterocycles. The summed E-state index contributed by atoms with van der Waals surface area (Å²) in [6.45, 7) is 7.18. The predicted octanol–water partition coefficient (Wildman–Crippen LogP) is 9.23. The summed E-state index contributed by atoms with van der Waals surface area (Å²) in [5, 5.41) is 0. The molecular formula is C30H62NO2+. The van der Waals surface area contributed by atoms with Crippen molar-refractivity contribution in [3.8, 4) is 0 Å². The van der Waals surface area contributed by atoms with Gasteiger partial charge in [0.25, 0.3) is 0 Å². The number of carbonyl (C=O) groups excluding carboxylic acids is 1. The number of unbranched alkanes of at least 4 members (excludes halogenated alkanes) is 19. The van der Waals surface area contributed by atoms with Crippen molar-refractivity contribution in [2.45, 2.75) is 155 Å². The highest BCUT2D eigenvalue weighted by Crippen LogP contribution is 2.15. The lowest BCUT2D eigenvalue weighted by Crippen LogP contribution is -2.41. The summed E-state index contributed by atoms with van der Waals surface area (Å²) in [5.41, 5.74) is 0. The molecule has 0 aliphatic heterocycles. The summed E-state index contributed by atoms with van der Waals surface area (Å²) < 4.78 is 6.12. The standard InChI is InChI=1S/C30H62NO2/c1-5-7-8-9-10-11-12-13-14-15-16-17-18-19-20-21-22-25-28-31(3,4)29-26-23-24-27-30(32)33-6-2/h5-29H2,1-4H3/q+1. The normalized spacial score (nSPS) is 11.8. The molecule has 0 amide bonds. The lowest BCUT2D eigenvalue weighted by molar-refractivity contribution is -0.890. The van der Waals surface area contributed by atoms with Gasteiger partial charge in [-0.05, 0) is 39.0 Å². The first kappa shape index (κ1) is 32.4. The molecule has 0 saturated carbocycles. The second-order valence-electron chi connectivity index (χ2n) is 11.0. The van der Waals surface area contributed by atoms with Crippen molar-refractivity contribution < 1.29 is 14.0 Å². The highest BCUT2D eigenvalue weighted by Gasteiger charge is 2.13. The topological polar surface area (TPSA) is 26.3 Å². The van der Waals surface area contributed by atoms with Gasteiger partial charge in [-0.25, -0.2) is 0 Å². The Morgan fingerprint density at radius 1 is 0.515 bits per heavy atom. The molecule has 0 rings (SSSR count). The maximum Gasteiger partial charge on any atom is 0.305 e. The molecule has 0 atom stereocenters. The number of esters is 1. The van der Waals surface area contributed by atoms with E-state index in [0.29, 0.717) is 13.0 Å². The molecule has 0 radical (unpaired) electrons. The fraction of sp³-hybridized carbons (Fsp3) is 0.967. The number of carbonyl (C=O) groups is 1. The van der Waals surface area contributed by atoms with Crippen LogP contribution in [0, 0.1) is 0 Å². The van der Waals surface area contributed by atoms with Crippen LogP contribution in [0.4, 0.5) is 0 Å². The zero-order chi connectivity index (χ0) is 24.5. The third kappa shape index (κ3) is 25.9. The molecular weight excluding hydrogens is 406 g/mol. The minimum Gasteiger partial charge on any atom is -0.466 e. The smallest absolute Gasteiger partial charge is 0.305 e. The fourth-order valence-electron chi connectivity index (χ4n) is 4.77. The molecule has 0 aromatic carbocycles. The second-order valence-corrected chi connectivity index (χ2v) is 11.0. The van der Waals surface area contributed by atoms with Gasteiger partial charge in [0.15, 0.2) is 0 Å². The minimum atomic E-state index is -0.0370. The number of quaternary nitrogens is 1. The van der Waals surface area contributed by atoms with Gasteiger partial charge in [0.05, 0.1) is 33.8 Å². The van der Waals surface area contributed by atoms with E-state index in [1.807, 2.05) is 6.92 Å². The highest BCUT2D eigenvalue weighted by atomic mass is 16.5. The molecule has 33 heavy (non-hydrogen) atoms. The number of hydrogen-bond acceptors (Lipinski definition) is 2. The van der Waals surface area contributed by atoms with Gasteiger partial charge in [-0.15, -0.1) is 0 Å². The van der Waals surface area contributed by atoms with Gasteiger partial charge in [0.1, 0.15) is 0 Å². The van der Waals surface area contributed by atoms with Crippen LogP contribution in [0.3, 0.4) is 0 Å². The molecule has 0 aliphatic rings. The van der Waals surface area contributed by atoms with Crippen molar-refractivity contribution >= 4 is 5.97 Å². The van der Waals surface area contributed by atoms with Crippen LogP contribution in [0.25, 0.3) is 0 Å². The van der Waals surface area contributed by atoms with E-state index in [1.54, 1.807) is 0 Å². The van der Waals surface area contributed by atoms with E-state index >= 15 is 0 Å². The van der Waals surface area contributed by atoms with Crippen LogP contribution in [0.1, 0.15) is 155 Å². The Bertz CT molecular complexity index is 408. The lowest BCUT2D eigenvalue weighted by Gasteiger charge is -2.30. The third-order valence-electron chi connectivity index (χ3n) is 7.07. The van der Waals surface area contributed by atoms with Crippen molar-refractivity contribution in [3.05, 3.63) is 0 Å². The summed E-state index contributed by atoms with van der Waals surface area (Å²) >= 11 is 0. The average molecular weight is 469 g/mol. The van der Waals surface area contributed by atoms with Gasteiger partial charge in [0.2, 0.25) is 0 Å². The molecule has 0 unspecified atom stereocenters. The number of rotatable bonds is 26. The molecule has 0 bridgehead atoms. The van der Waals surface area contributed by atoms with Crippen LogP contribution in [-0.4, -0.2) is 44.2 Å². The molecule has 0 aromatic heterocycles. The molecule has 0 heterocycles. The third-order valence-corrected chi connectivity index (χ3v) is 7.07. The fourth-order valence-corrected chi connectivity index (χ4v) is 4.77. The predicted molar refractivity (Wildman–Crippen MR) is 146 cm³/mol. The Morgan fingerprint density at radius 2 is 0.848 bits per heavy atom. The summed E-state index contributed by atoms with van der Waals surface area (Å²) in [7, 11) is 4.72. The molecule has 3 nitrogen and oxygen atoms in total. The van der Waals surface area contributed by atoms with Crippen LogP contribution < -0.4 is 0 Å². The first-order valence-corrected chi connectivity index (χ1v) is 15.0. The van der Waals surface area contributed by atoms with E-state index in [2.05, 4.69) is 21.0 Å². The van der Waals surface area contributed by atoms with Crippen molar-refractivity contribution in [3.63, 3.8) is 0 Å². The molecule has 0 aromatic rings. The van der Waals surface area contributed by atoms with Crippen LogP contribution in [0.2, 0.25) is 0 Å². The first-order valence-electron chi connectivity index (χ1n) is 15.0. The van der Waals surface area contributed by atoms with E-state index < -0.39 is 0 Å². The van der Waals surface area contributed by atoms with E-state index in [1.165, 1.54) is 135 Å². The van der Waals surface area contributed by atoms with Gasteiger partial charge in [-0.1, -0.05) is 110 Å².